The molecule has 1 saturated carbocycles. The first-order chi connectivity index (χ1) is 25.9. The van der Waals surface area contributed by atoms with Crippen LogP contribution in [0, 0.1) is 5.92 Å². The highest BCUT2D eigenvalue weighted by Crippen LogP contribution is 2.43. The first kappa shape index (κ1) is 37.3. The van der Waals surface area contributed by atoms with Crippen LogP contribution < -0.4 is 15.0 Å². The molecule has 53 heavy (non-hydrogen) atoms. The molecule has 2 aliphatic rings. The van der Waals surface area contributed by atoms with E-state index < -0.39 is 36.0 Å². The number of ether oxygens (including phenoxy) is 3. The van der Waals surface area contributed by atoms with E-state index in [-0.39, 0.29) is 43.6 Å². The molecular weight excluding hydrogens is 672 g/mol. The van der Waals surface area contributed by atoms with Crippen molar-refractivity contribution in [1.82, 2.24) is 5.32 Å². The van der Waals surface area contributed by atoms with E-state index in [0.717, 1.165) is 43.2 Å². The summed E-state index contributed by atoms with van der Waals surface area (Å²) in [5.41, 5.74) is 3.48. The van der Waals surface area contributed by atoms with Gasteiger partial charge in [-0.2, -0.15) is 0 Å². The fourth-order valence-corrected chi connectivity index (χ4v) is 7.21. The third kappa shape index (κ3) is 8.95. The Morgan fingerprint density at radius 1 is 0.811 bits per heavy atom. The van der Waals surface area contributed by atoms with Crippen molar-refractivity contribution in [3.63, 3.8) is 0 Å². The maximum atomic E-state index is 14.5. The summed E-state index contributed by atoms with van der Waals surface area (Å²) >= 11 is 0. The van der Waals surface area contributed by atoms with Gasteiger partial charge < -0.3 is 29.5 Å². The van der Waals surface area contributed by atoms with Gasteiger partial charge >= 0.3 is 11.9 Å². The minimum atomic E-state index is -1.21. The first-order valence-corrected chi connectivity index (χ1v) is 18.5. The summed E-state index contributed by atoms with van der Waals surface area (Å²) in [5, 5.41) is 12.6. The smallest absolute Gasteiger partial charge is 0.338 e. The number of aliphatic hydroxyl groups excluding tert-OH is 1. The van der Waals surface area contributed by atoms with Gasteiger partial charge in [-0.15, -0.1) is 0 Å². The summed E-state index contributed by atoms with van der Waals surface area (Å²) in [6.45, 7) is 2.00. The summed E-state index contributed by atoms with van der Waals surface area (Å²) in [5.74, 6) is -1.64. The molecule has 1 aliphatic carbocycles. The molecule has 276 valence electrons. The number of anilines is 1. The number of carbonyl (C=O) groups is 4. The third-order valence-electron chi connectivity index (χ3n) is 9.87. The Hall–Kier alpha value is -5.48. The highest BCUT2D eigenvalue weighted by atomic mass is 16.5. The molecule has 2 amide bonds. The number of hydrogen-bond acceptors (Lipinski definition) is 8. The van der Waals surface area contributed by atoms with Crippen molar-refractivity contribution < 1.29 is 38.5 Å². The quantitative estimate of drug-likeness (QED) is 0.111. The normalized spacial score (nSPS) is 18.4. The molecule has 0 bridgehead atoms. The SMILES string of the molecule is CCOC(=O)C[C@H]1[C@H](OC(=O)c2ccc(-c3ccccc3)cc2)[C@@H](NC(=O)C2CCCCC2)c2cc(OCCCO)ccc2N1C(=O)c1ccccc1. The number of esters is 2. The van der Waals surface area contributed by atoms with Gasteiger partial charge in [0.15, 0.2) is 0 Å². The lowest BCUT2D eigenvalue weighted by Crippen LogP contribution is -2.58. The zero-order valence-electron chi connectivity index (χ0n) is 29.9. The number of rotatable bonds is 13. The monoisotopic (exact) mass is 718 g/mol. The maximum absolute atomic E-state index is 14.5. The van der Waals surface area contributed by atoms with E-state index in [1.807, 2.05) is 42.5 Å². The van der Waals surface area contributed by atoms with E-state index in [9.17, 15) is 24.3 Å². The van der Waals surface area contributed by atoms with Crippen LogP contribution in [0.2, 0.25) is 0 Å². The zero-order chi connectivity index (χ0) is 37.2. The minimum absolute atomic E-state index is 0.0513. The van der Waals surface area contributed by atoms with Gasteiger partial charge in [0, 0.05) is 30.1 Å². The minimum Gasteiger partial charge on any atom is -0.493 e. The molecule has 10 nitrogen and oxygen atoms in total. The molecule has 1 heterocycles. The fraction of sp³-hybridized carbons (Fsp3) is 0.349. The van der Waals surface area contributed by atoms with Crippen LogP contribution in [0.4, 0.5) is 5.69 Å². The molecule has 0 unspecified atom stereocenters. The second-order valence-corrected chi connectivity index (χ2v) is 13.4. The standard InChI is InChI=1S/C43H46N2O8/c1-2-51-38(47)28-37-40(53-43(50)33-21-19-30(20-22-33)29-13-6-3-7-14-29)39(44-41(48)31-15-8-4-9-16-31)35-27-34(52-26-12-25-46)23-24-36(35)45(37)42(49)32-17-10-5-11-18-32/h3,5-7,10-11,13-14,17-24,27,31,37,39-40,46H,2,4,8-9,12,15-16,25-26,28H2,1H3,(H,44,48)/t37-,39-,40-/m0/s1. The highest BCUT2D eigenvalue weighted by Gasteiger charge is 2.48. The molecule has 0 aromatic heterocycles. The van der Waals surface area contributed by atoms with Gasteiger partial charge in [-0.3, -0.25) is 14.4 Å². The number of nitrogens with one attached hydrogen (secondary N) is 1. The van der Waals surface area contributed by atoms with Crippen molar-refractivity contribution in [1.29, 1.82) is 0 Å². The topological polar surface area (TPSA) is 131 Å². The number of aliphatic hydroxyl groups is 1. The van der Waals surface area contributed by atoms with Crippen LogP contribution in [-0.4, -0.2) is 60.8 Å². The second-order valence-electron chi connectivity index (χ2n) is 13.4. The van der Waals surface area contributed by atoms with E-state index >= 15 is 0 Å². The van der Waals surface area contributed by atoms with Gasteiger partial charge in [-0.05, 0) is 73.4 Å². The molecule has 2 N–H and O–H groups in total. The third-order valence-corrected chi connectivity index (χ3v) is 9.87. The number of carbonyl (C=O) groups excluding carboxylic acids is 4. The molecule has 0 radical (unpaired) electrons. The van der Waals surface area contributed by atoms with E-state index in [1.165, 1.54) is 4.90 Å². The zero-order valence-corrected chi connectivity index (χ0v) is 29.9. The van der Waals surface area contributed by atoms with Crippen molar-refractivity contribution >= 4 is 29.4 Å². The van der Waals surface area contributed by atoms with Gasteiger partial charge in [-0.25, -0.2) is 4.79 Å². The summed E-state index contributed by atoms with van der Waals surface area (Å²) in [7, 11) is 0. The Kier molecular flexibility index (Phi) is 12.5. The average Bonchev–Trinajstić information content (AvgIpc) is 3.20. The van der Waals surface area contributed by atoms with Crippen LogP contribution in [0.25, 0.3) is 11.1 Å². The lowest BCUT2D eigenvalue weighted by atomic mass is 9.84. The Morgan fingerprint density at radius 3 is 2.17 bits per heavy atom. The van der Waals surface area contributed by atoms with Gasteiger partial charge in [0.1, 0.15) is 11.9 Å². The van der Waals surface area contributed by atoms with Crippen LogP contribution in [0.15, 0.2) is 103 Å². The molecule has 1 aliphatic heterocycles. The molecule has 6 rings (SSSR count). The number of nitrogens with zero attached hydrogens (tertiary/aromatic N) is 1. The van der Waals surface area contributed by atoms with E-state index in [0.29, 0.717) is 29.0 Å². The Morgan fingerprint density at radius 2 is 1.49 bits per heavy atom. The average molecular weight is 719 g/mol. The van der Waals surface area contributed by atoms with E-state index in [4.69, 9.17) is 14.2 Å². The van der Waals surface area contributed by atoms with Crippen molar-refractivity contribution in [3.05, 3.63) is 120 Å². The number of hydrogen-bond donors (Lipinski definition) is 2. The lowest BCUT2D eigenvalue weighted by molar-refractivity contribution is -0.144. The van der Waals surface area contributed by atoms with Crippen molar-refractivity contribution in [2.45, 2.75) is 70.1 Å². The van der Waals surface area contributed by atoms with Crippen molar-refractivity contribution in [2.24, 2.45) is 5.92 Å². The number of fused-ring (bicyclic) bond motifs is 1. The Balaban J connectivity index is 1.46. The molecular formula is C43H46N2O8. The van der Waals surface area contributed by atoms with Crippen LogP contribution >= 0.6 is 0 Å². The van der Waals surface area contributed by atoms with Crippen LogP contribution in [0.1, 0.15) is 84.2 Å². The summed E-state index contributed by atoms with van der Waals surface area (Å²) < 4.78 is 17.8. The van der Waals surface area contributed by atoms with Crippen LogP contribution in [-0.2, 0) is 19.1 Å². The van der Waals surface area contributed by atoms with Gasteiger partial charge in [0.05, 0.1) is 43.0 Å². The highest BCUT2D eigenvalue weighted by molar-refractivity contribution is 6.08. The first-order valence-electron chi connectivity index (χ1n) is 18.5. The lowest BCUT2D eigenvalue weighted by Gasteiger charge is -2.46. The van der Waals surface area contributed by atoms with Gasteiger partial charge in [0.25, 0.3) is 5.91 Å². The van der Waals surface area contributed by atoms with E-state index in [2.05, 4.69) is 5.32 Å². The number of amides is 2. The van der Waals surface area contributed by atoms with Crippen LogP contribution in [0.3, 0.4) is 0 Å². The Bertz CT molecular complexity index is 1860. The molecule has 10 heteroatoms. The van der Waals surface area contributed by atoms with Gasteiger partial charge in [-0.1, -0.05) is 79.9 Å². The summed E-state index contributed by atoms with van der Waals surface area (Å²) in [6, 6.07) is 28.6. The predicted octanol–water partition coefficient (Wildman–Crippen LogP) is 7.06. The van der Waals surface area contributed by atoms with Crippen LogP contribution in [0.5, 0.6) is 5.75 Å². The molecule has 0 saturated heterocycles. The molecule has 3 atom stereocenters. The second kappa shape index (κ2) is 17.8. The van der Waals surface area contributed by atoms with E-state index in [1.54, 1.807) is 67.6 Å². The molecule has 1 fully saturated rings. The maximum Gasteiger partial charge on any atom is 0.338 e. The fourth-order valence-electron chi connectivity index (χ4n) is 7.21. The predicted molar refractivity (Wildman–Crippen MR) is 200 cm³/mol. The summed E-state index contributed by atoms with van der Waals surface area (Å²) in [4.78, 5) is 57.6. The number of benzene rings is 4. The van der Waals surface area contributed by atoms with Crippen molar-refractivity contribution in [2.75, 3.05) is 24.7 Å². The Labute approximate surface area is 310 Å². The molecule has 0 spiro atoms. The van der Waals surface area contributed by atoms with Crippen molar-refractivity contribution in [3.8, 4) is 16.9 Å². The molecule has 4 aromatic rings. The molecule has 4 aromatic carbocycles. The van der Waals surface area contributed by atoms with Gasteiger partial charge in [0.2, 0.25) is 5.91 Å². The summed E-state index contributed by atoms with van der Waals surface area (Å²) in [6.07, 6.45) is 3.29. The largest absolute Gasteiger partial charge is 0.493 e.